The fourth-order valence-corrected chi connectivity index (χ4v) is 4.55. The summed E-state index contributed by atoms with van der Waals surface area (Å²) in [5, 5.41) is 0. The molecule has 0 saturated heterocycles. The first-order valence-electron chi connectivity index (χ1n) is 18.6. The number of rotatable bonds is 5. The first-order chi connectivity index (χ1) is 28.7. The zero-order valence-electron chi connectivity index (χ0n) is 33.3. The number of pyridine rings is 2. The largest absolute Gasteiger partial charge is 0.673 e. The van der Waals surface area contributed by atoms with Crippen LogP contribution in [0, 0.1) is 0 Å². The Hall–Kier alpha value is -5.05. The van der Waals surface area contributed by atoms with Crippen LogP contribution in [0.1, 0.15) is 0 Å². The maximum absolute atomic E-state index is 9.75. The van der Waals surface area contributed by atoms with E-state index in [0.717, 1.165) is 24.6 Å². The molecule has 0 bridgehead atoms. The normalized spacial score (nSPS) is 14.8. The lowest BCUT2D eigenvalue weighted by Crippen LogP contribution is -2.43. The molecule has 0 amide bonds. The van der Waals surface area contributed by atoms with Crippen LogP contribution >= 0.6 is 0 Å². The molecule has 5 rings (SSSR count). The van der Waals surface area contributed by atoms with Crippen molar-refractivity contribution in [1.82, 2.24) is 0 Å². The zero-order chi connectivity index (χ0) is 43.9. The van der Waals surface area contributed by atoms with Gasteiger partial charge in [0.05, 0.1) is 67.1 Å². The van der Waals surface area contributed by atoms with Crippen LogP contribution in [0.15, 0.2) is 97.6 Å². The molecule has 1 aliphatic rings. The molecule has 0 unspecified atom stereocenters. The van der Waals surface area contributed by atoms with Gasteiger partial charge < -0.3 is 81.9 Å². The van der Waals surface area contributed by atoms with E-state index in [9.17, 15) is 34.5 Å². The smallest absolute Gasteiger partial charge is 0.496 e. The monoisotopic (exact) mass is 868 g/mol. The van der Waals surface area contributed by atoms with E-state index in [1.165, 1.54) is 0 Å². The lowest BCUT2D eigenvalue weighted by atomic mass is 10.3. The minimum absolute atomic E-state index is 0.425. The highest BCUT2D eigenvalue weighted by atomic mass is 19.5. The molecule has 3 heterocycles. The van der Waals surface area contributed by atoms with Gasteiger partial charge in [-0.1, -0.05) is 24.3 Å². The highest BCUT2D eigenvalue weighted by Crippen LogP contribution is 2.27. The third-order valence-corrected chi connectivity index (χ3v) is 7.19. The van der Waals surface area contributed by atoms with Gasteiger partial charge in [0.25, 0.3) is 0 Å². The van der Waals surface area contributed by atoms with Crippen LogP contribution in [0.3, 0.4) is 0 Å². The number of fused-ring (bicyclic) bond motifs is 2. The number of aryl methyl sites for hydroxylation is 2. The highest BCUT2D eigenvalue weighted by molar-refractivity contribution is 6.50. The Kier molecular flexibility index (Phi) is 25.6. The summed E-state index contributed by atoms with van der Waals surface area (Å²) >= 11 is 0. The van der Waals surface area contributed by atoms with E-state index < -0.39 is 14.5 Å². The number of hydrogen-bond donors (Lipinski definition) is 0. The van der Waals surface area contributed by atoms with Gasteiger partial charge in [-0.15, -0.1) is 0 Å². The number of methoxy groups -OCH3 is 2. The summed E-state index contributed by atoms with van der Waals surface area (Å²) in [6, 6.07) is 22.9. The fraction of sp³-hybridized carbons (Fsp3) is 0.421. The Bertz CT molecular complexity index is 1490. The SMILES string of the molecule is COc1cc[n+](CC[n+]2ccc(OC)cc2)cc1.F[B-](F)(F)F.F[B-](F)(F)F.c1ccc2c(c1)OCCOCCOCCOc1ccccc1OCCOCCOCCO2. The molecule has 0 N–H and O–H groups in total. The standard InChI is InChI=1S/C24H32O8.C14H18N2O2.2BF4/c1-2-6-22-21(5-1)29-17-13-25-9-10-27-15-19-31-23-7-3-4-8-24(23)32-20-16-28-12-11-26-14-18-30-22;1-17-13-3-7-15(8-4-13)11-12-16-9-5-14(18-2)6-10-16;2*2-1(3,4)5/h1-8H,9-20H2;3-10H,11-12H2,1-2H3;;/q;+2;2*-1. The molecule has 22 heteroatoms. The van der Waals surface area contributed by atoms with Crippen molar-refractivity contribution in [3.63, 3.8) is 0 Å². The number of aromatic nitrogens is 2. The second-order valence-electron chi connectivity index (χ2n) is 11.7. The van der Waals surface area contributed by atoms with E-state index in [0.29, 0.717) is 102 Å². The minimum Gasteiger partial charge on any atom is -0.496 e. The van der Waals surface area contributed by atoms with Crippen molar-refractivity contribution in [3.8, 4) is 34.5 Å². The third-order valence-electron chi connectivity index (χ3n) is 7.19. The maximum Gasteiger partial charge on any atom is 0.673 e. The van der Waals surface area contributed by atoms with E-state index in [1.54, 1.807) is 14.2 Å². The van der Waals surface area contributed by atoms with Crippen LogP contribution in [0.25, 0.3) is 0 Å². The molecule has 60 heavy (non-hydrogen) atoms. The van der Waals surface area contributed by atoms with Crippen molar-refractivity contribution in [3.05, 3.63) is 97.6 Å². The van der Waals surface area contributed by atoms with Crippen LogP contribution in [0.4, 0.5) is 34.5 Å². The maximum atomic E-state index is 9.75. The van der Waals surface area contributed by atoms with Crippen molar-refractivity contribution in [2.24, 2.45) is 0 Å². The van der Waals surface area contributed by atoms with Gasteiger partial charge in [-0.2, -0.15) is 9.13 Å². The molecule has 0 fully saturated rings. The number of nitrogens with zero attached hydrogens (tertiary/aromatic N) is 2. The predicted octanol–water partition coefficient (Wildman–Crippen LogP) is 6.56. The molecular weight excluding hydrogens is 818 g/mol. The first-order valence-corrected chi connectivity index (χ1v) is 18.6. The summed E-state index contributed by atoms with van der Waals surface area (Å²) in [7, 11) is -8.65. The van der Waals surface area contributed by atoms with Crippen molar-refractivity contribution in [2.75, 3.05) is 93.5 Å². The Balaban J connectivity index is 0.000000368. The molecule has 0 aliphatic carbocycles. The van der Waals surface area contributed by atoms with Crippen molar-refractivity contribution in [2.45, 2.75) is 13.1 Å². The summed E-state index contributed by atoms with van der Waals surface area (Å²) in [5.74, 6) is 4.49. The van der Waals surface area contributed by atoms with Gasteiger partial charge >= 0.3 is 14.5 Å². The topological polar surface area (TPSA) is 100 Å². The highest BCUT2D eigenvalue weighted by Gasteiger charge is 2.21. The molecule has 0 spiro atoms. The molecule has 12 nitrogen and oxygen atoms in total. The predicted molar refractivity (Wildman–Crippen MR) is 205 cm³/mol. The van der Waals surface area contributed by atoms with E-state index in [4.69, 9.17) is 47.4 Å². The third kappa shape index (κ3) is 27.6. The Morgan fingerprint density at radius 1 is 0.400 bits per heavy atom. The fourth-order valence-electron chi connectivity index (χ4n) is 4.55. The molecule has 0 atom stereocenters. The van der Waals surface area contributed by atoms with Crippen LogP contribution in [-0.4, -0.2) is 108 Å². The average molecular weight is 868 g/mol. The quantitative estimate of drug-likeness (QED) is 0.125. The van der Waals surface area contributed by atoms with Gasteiger partial charge in [-0.3, -0.25) is 0 Å². The van der Waals surface area contributed by atoms with Gasteiger partial charge in [0.1, 0.15) is 37.9 Å². The number of benzene rings is 2. The van der Waals surface area contributed by atoms with Crippen molar-refractivity contribution in [1.29, 1.82) is 0 Å². The van der Waals surface area contributed by atoms with Crippen LogP contribution in [0.2, 0.25) is 0 Å². The second-order valence-corrected chi connectivity index (χ2v) is 11.7. The van der Waals surface area contributed by atoms with E-state index in [-0.39, 0.29) is 0 Å². The lowest BCUT2D eigenvalue weighted by molar-refractivity contribution is -0.778. The zero-order valence-corrected chi connectivity index (χ0v) is 33.3. The summed E-state index contributed by atoms with van der Waals surface area (Å²) in [5.41, 5.74) is 0. The Morgan fingerprint density at radius 2 is 0.617 bits per heavy atom. The van der Waals surface area contributed by atoms with Crippen LogP contribution in [-0.2, 0) is 32.0 Å². The number of ether oxygens (including phenoxy) is 10. The van der Waals surface area contributed by atoms with Gasteiger partial charge in [-0.05, 0) is 24.3 Å². The average Bonchev–Trinajstić information content (AvgIpc) is 3.21. The molecule has 2 aromatic heterocycles. The summed E-state index contributed by atoms with van der Waals surface area (Å²) in [6.07, 6.45) is 8.07. The molecule has 0 radical (unpaired) electrons. The molecular formula is C38H50B2F8N2O10. The van der Waals surface area contributed by atoms with Crippen molar-refractivity contribution >= 4 is 14.5 Å². The van der Waals surface area contributed by atoms with Gasteiger partial charge in [0.15, 0.2) is 47.8 Å². The molecule has 2 aromatic carbocycles. The molecule has 0 saturated carbocycles. The molecule has 334 valence electrons. The van der Waals surface area contributed by atoms with E-state index in [1.807, 2.05) is 97.6 Å². The Morgan fingerprint density at radius 3 is 0.833 bits per heavy atom. The summed E-state index contributed by atoms with van der Waals surface area (Å²) in [4.78, 5) is 0. The molecule has 4 aromatic rings. The Labute approximate surface area is 343 Å². The van der Waals surface area contributed by atoms with E-state index >= 15 is 0 Å². The van der Waals surface area contributed by atoms with Gasteiger partial charge in [0.2, 0.25) is 13.1 Å². The van der Waals surface area contributed by atoms with Gasteiger partial charge in [-0.25, -0.2) is 0 Å². The molecule has 1 aliphatic heterocycles. The van der Waals surface area contributed by atoms with Gasteiger partial charge in [0, 0.05) is 24.3 Å². The van der Waals surface area contributed by atoms with Crippen LogP contribution in [0.5, 0.6) is 34.5 Å². The number of halogens is 8. The second kappa shape index (κ2) is 30.0. The summed E-state index contributed by atoms with van der Waals surface area (Å²) < 4.78 is 138. The number of hydrogen-bond acceptors (Lipinski definition) is 10. The minimum atomic E-state index is -6.00. The van der Waals surface area contributed by atoms with Crippen LogP contribution < -0.4 is 37.6 Å². The first kappa shape index (κ1) is 51.1. The number of para-hydroxylation sites is 4. The van der Waals surface area contributed by atoms with Crippen molar-refractivity contribution < 1.29 is 91.0 Å². The summed E-state index contributed by atoms with van der Waals surface area (Å²) in [6.45, 7) is 7.31. The lowest BCUT2D eigenvalue weighted by Gasteiger charge is -2.14. The van der Waals surface area contributed by atoms with E-state index in [2.05, 4.69) is 9.13 Å².